The summed E-state index contributed by atoms with van der Waals surface area (Å²) < 4.78 is 0. The number of hydrogen-bond acceptors (Lipinski definition) is 2. The Hall–Kier alpha value is -2.08. The van der Waals surface area contributed by atoms with E-state index in [1.165, 1.54) is 18.4 Å². The molecule has 0 saturated heterocycles. The summed E-state index contributed by atoms with van der Waals surface area (Å²) in [6.45, 7) is 4.37. The van der Waals surface area contributed by atoms with Crippen LogP contribution in [0.5, 0.6) is 0 Å². The van der Waals surface area contributed by atoms with E-state index in [0.29, 0.717) is 5.92 Å². The Kier molecular flexibility index (Phi) is 5.91. The van der Waals surface area contributed by atoms with Gasteiger partial charge < -0.3 is 0 Å². The van der Waals surface area contributed by atoms with Gasteiger partial charge in [0.2, 0.25) is 0 Å². The zero-order chi connectivity index (χ0) is 17.6. The lowest BCUT2D eigenvalue weighted by Crippen LogP contribution is -2.21. The molecule has 0 aliphatic heterocycles. The Morgan fingerprint density at radius 2 is 1.40 bits per heavy atom. The smallest absolute Gasteiger partial charge is 0.120 e. The predicted octanol–water partition coefficient (Wildman–Crippen LogP) is 5.75. The Morgan fingerprint density at radius 3 is 1.92 bits per heavy atom. The minimum Gasteiger partial charge on any atom is -0.251 e. The molecule has 1 N–H and O–H groups in total. The second-order valence-electron chi connectivity index (χ2n) is 7.28. The first-order valence-electron chi connectivity index (χ1n) is 9.14. The van der Waals surface area contributed by atoms with Crippen molar-refractivity contribution in [3.8, 4) is 11.8 Å². The van der Waals surface area contributed by atoms with Crippen molar-refractivity contribution in [3.05, 3.63) is 70.8 Å². The molecule has 1 aliphatic rings. The molecular weight excluding hydrogens is 308 g/mol. The zero-order valence-electron chi connectivity index (χ0n) is 15.0. The van der Waals surface area contributed by atoms with Gasteiger partial charge >= 0.3 is 0 Å². The van der Waals surface area contributed by atoms with Crippen LogP contribution in [0.2, 0.25) is 0 Å². The number of rotatable bonds is 3. The van der Waals surface area contributed by atoms with Crippen LogP contribution < -0.4 is 0 Å². The maximum atomic E-state index is 9.41. The third-order valence-electron chi connectivity index (χ3n) is 5.24. The summed E-state index contributed by atoms with van der Waals surface area (Å²) in [6, 6.07) is 16.3. The van der Waals surface area contributed by atoms with Crippen LogP contribution in [0.3, 0.4) is 0 Å². The Bertz CT molecular complexity index is 726. The second-order valence-corrected chi connectivity index (χ2v) is 7.28. The van der Waals surface area contributed by atoms with E-state index in [-0.39, 0.29) is 6.10 Å². The fourth-order valence-electron chi connectivity index (χ4n) is 3.55. The molecule has 2 aromatic rings. The Morgan fingerprint density at radius 1 is 0.880 bits per heavy atom. The van der Waals surface area contributed by atoms with Crippen molar-refractivity contribution in [2.75, 3.05) is 0 Å². The maximum Gasteiger partial charge on any atom is 0.120 e. The van der Waals surface area contributed by atoms with E-state index in [9.17, 15) is 5.26 Å². The molecule has 1 fully saturated rings. The highest BCUT2D eigenvalue weighted by atomic mass is 17.1. The largest absolute Gasteiger partial charge is 0.251 e. The lowest BCUT2D eigenvalue weighted by atomic mass is 9.78. The number of hydrogen-bond donors (Lipinski definition) is 1. The summed E-state index contributed by atoms with van der Waals surface area (Å²) in [7, 11) is 0. The van der Waals surface area contributed by atoms with Crippen LogP contribution >= 0.6 is 0 Å². The van der Waals surface area contributed by atoms with Crippen LogP contribution in [-0.4, -0.2) is 5.26 Å². The van der Waals surface area contributed by atoms with Gasteiger partial charge in [0.25, 0.3) is 0 Å². The molecule has 0 aromatic heterocycles. The Labute approximate surface area is 150 Å². The van der Waals surface area contributed by atoms with Gasteiger partial charge in [-0.2, -0.15) is 0 Å². The summed E-state index contributed by atoms with van der Waals surface area (Å²) in [5.74, 6) is 7.57. The Balaban J connectivity index is 1.70. The monoisotopic (exact) mass is 334 g/mol. The molecule has 130 valence electrons. The van der Waals surface area contributed by atoms with E-state index in [2.05, 4.69) is 37.8 Å². The molecule has 0 amide bonds. The van der Waals surface area contributed by atoms with Crippen molar-refractivity contribution < 1.29 is 10.1 Å². The van der Waals surface area contributed by atoms with Crippen molar-refractivity contribution in [3.63, 3.8) is 0 Å². The molecular formula is C23H26O2. The zero-order valence-corrected chi connectivity index (χ0v) is 15.0. The SMILES string of the molecule is Cc1ccc(C#Cc2ccc(C(OO)C3CCC(C)CC3)cc2)cc1. The first-order valence-corrected chi connectivity index (χ1v) is 9.14. The quantitative estimate of drug-likeness (QED) is 0.440. The molecule has 0 bridgehead atoms. The van der Waals surface area contributed by atoms with Gasteiger partial charge in [-0.3, -0.25) is 5.26 Å². The minimum absolute atomic E-state index is 0.230. The molecule has 2 nitrogen and oxygen atoms in total. The van der Waals surface area contributed by atoms with E-state index < -0.39 is 0 Å². The topological polar surface area (TPSA) is 29.5 Å². The lowest BCUT2D eigenvalue weighted by Gasteiger charge is -2.31. The molecule has 2 aromatic carbocycles. The van der Waals surface area contributed by atoms with Crippen LogP contribution in [0.4, 0.5) is 0 Å². The third-order valence-corrected chi connectivity index (χ3v) is 5.24. The molecule has 2 heteroatoms. The summed E-state index contributed by atoms with van der Waals surface area (Å²) >= 11 is 0. The van der Waals surface area contributed by atoms with Gasteiger partial charge in [-0.15, -0.1) is 0 Å². The third kappa shape index (κ3) is 4.72. The molecule has 1 unspecified atom stereocenters. The highest BCUT2D eigenvalue weighted by molar-refractivity contribution is 5.44. The first kappa shape index (κ1) is 17.7. The molecule has 1 aliphatic carbocycles. The van der Waals surface area contributed by atoms with Gasteiger partial charge in [0.15, 0.2) is 0 Å². The summed E-state index contributed by atoms with van der Waals surface area (Å²) in [6.07, 6.45) is 4.42. The second kappa shape index (κ2) is 8.34. The van der Waals surface area contributed by atoms with Gasteiger partial charge in [0, 0.05) is 11.1 Å². The van der Waals surface area contributed by atoms with E-state index in [0.717, 1.165) is 35.4 Å². The minimum atomic E-state index is -0.230. The van der Waals surface area contributed by atoms with Crippen molar-refractivity contribution in [1.82, 2.24) is 0 Å². The van der Waals surface area contributed by atoms with Gasteiger partial charge in [-0.05, 0) is 61.4 Å². The molecule has 0 radical (unpaired) electrons. The van der Waals surface area contributed by atoms with E-state index in [4.69, 9.17) is 4.89 Å². The standard InChI is InChI=1S/C23H26O2/c1-17-3-7-19(8-4-17)9-10-20-11-15-22(16-12-20)23(25-24)21-13-5-18(2)6-14-21/h3-4,7-8,11-12,15-16,18,21,23-24H,5-6,13-14H2,1-2H3. The number of aryl methyl sites for hydroxylation is 1. The normalized spacial score (nSPS) is 21.2. The molecule has 3 rings (SSSR count). The van der Waals surface area contributed by atoms with Crippen molar-refractivity contribution in [2.24, 2.45) is 11.8 Å². The van der Waals surface area contributed by atoms with E-state index in [1.54, 1.807) is 0 Å². The highest BCUT2D eigenvalue weighted by Crippen LogP contribution is 2.38. The van der Waals surface area contributed by atoms with Crippen molar-refractivity contribution in [2.45, 2.75) is 45.6 Å². The first-order chi connectivity index (χ1) is 12.2. The van der Waals surface area contributed by atoms with Gasteiger partial charge in [-0.1, -0.05) is 61.4 Å². The maximum absolute atomic E-state index is 9.41. The molecule has 25 heavy (non-hydrogen) atoms. The van der Waals surface area contributed by atoms with Gasteiger partial charge in [0.05, 0.1) is 0 Å². The van der Waals surface area contributed by atoms with Crippen LogP contribution in [0, 0.1) is 30.6 Å². The molecule has 1 saturated carbocycles. The van der Waals surface area contributed by atoms with Crippen LogP contribution in [0.15, 0.2) is 48.5 Å². The fraction of sp³-hybridized carbons (Fsp3) is 0.391. The van der Waals surface area contributed by atoms with Crippen molar-refractivity contribution >= 4 is 0 Å². The molecule has 0 heterocycles. The van der Waals surface area contributed by atoms with Crippen molar-refractivity contribution in [1.29, 1.82) is 0 Å². The lowest BCUT2D eigenvalue weighted by molar-refractivity contribution is -0.296. The van der Waals surface area contributed by atoms with Crippen LogP contribution in [-0.2, 0) is 4.89 Å². The van der Waals surface area contributed by atoms with E-state index in [1.807, 2.05) is 36.4 Å². The van der Waals surface area contributed by atoms with E-state index >= 15 is 0 Å². The summed E-state index contributed by atoms with van der Waals surface area (Å²) in [4.78, 5) is 4.86. The average molecular weight is 334 g/mol. The molecule has 0 spiro atoms. The summed E-state index contributed by atoms with van der Waals surface area (Å²) in [5, 5.41) is 9.41. The van der Waals surface area contributed by atoms with Crippen LogP contribution in [0.25, 0.3) is 0 Å². The fourth-order valence-corrected chi connectivity index (χ4v) is 3.55. The van der Waals surface area contributed by atoms with Crippen LogP contribution in [0.1, 0.15) is 61.0 Å². The van der Waals surface area contributed by atoms with Gasteiger partial charge in [-0.25, -0.2) is 4.89 Å². The van der Waals surface area contributed by atoms with Gasteiger partial charge in [0.1, 0.15) is 6.10 Å². The number of benzene rings is 2. The summed E-state index contributed by atoms with van der Waals surface area (Å²) in [5.41, 5.74) is 4.26. The molecule has 1 atom stereocenters. The predicted molar refractivity (Wildman–Crippen MR) is 101 cm³/mol. The highest BCUT2D eigenvalue weighted by Gasteiger charge is 2.28. The average Bonchev–Trinajstić information content (AvgIpc) is 2.64.